The highest BCUT2D eigenvalue weighted by molar-refractivity contribution is 7.89. The molecule has 3 rings (SSSR count). The van der Waals surface area contributed by atoms with Crippen LogP contribution < -0.4 is 4.74 Å². The molecule has 0 bridgehead atoms. The van der Waals surface area contributed by atoms with Crippen molar-refractivity contribution in [1.29, 1.82) is 0 Å². The topological polar surface area (TPSA) is 46.6 Å². The van der Waals surface area contributed by atoms with Gasteiger partial charge < -0.3 is 4.74 Å². The van der Waals surface area contributed by atoms with E-state index in [9.17, 15) is 8.42 Å². The van der Waals surface area contributed by atoms with Crippen LogP contribution in [0.15, 0.2) is 53.4 Å². The largest absolute Gasteiger partial charge is 0.497 e. The number of nitrogens with zero attached hydrogens (tertiary/aromatic N) is 1. The van der Waals surface area contributed by atoms with Crippen LogP contribution in [0.1, 0.15) is 24.0 Å². The van der Waals surface area contributed by atoms with Gasteiger partial charge in [0, 0.05) is 18.0 Å². The van der Waals surface area contributed by atoms with Gasteiger partial charge in [-0.1, -0.05) is 29.8 Å². The molecule has 0 unspecified atom stereocenters. The molecule has 0 N–H and O–H groups in total. The van der Waals surface area contributed by atoms with E-state index in [2.05, 4.69) is 0 Å². The summed E-state index contributed by atoms with van der Waals surface area (Å²) < 4.78 is 33.2. The van der Waals surface area contributed by atoms with E-state index >= 15 is 0 Å². The molecule has 2 aromatic rings. The summed E-state index contributed by atoms with van der Waals surface area (Å²) in [5.41, 5.74) is 2.11. The van der Waals surface area contributed by atoms with Crippen molar-refractivity contribution in [3.8, 4) is 5.75 Å². The monoisotopic (exact) mass is 393 g/mol. The fourth-order valence-electron chi connectivity index (χ4n) is 3.36. The quantitative estimate of drug-likeness (QED) is 0.721. The Hall–Kier alpha value is -1.56. The molecule has 0 radical (unpaired) electrons. The zero-order chi connectivity index (χ0) is 18.7. The van der Waals surface area contributed by atoms with Crippen molar-refractivity contribution in [3.63, 3.8) is 0 Å². The Labute approximate surface area is 160 Å². The number of rotatable bonds is 5. The first-order chi connectivity index (χ1) is 12.4. The van der Waals surface area contributed by atoms with Crippen molar-refractivity contribution in [1.82, 2.24) is 4.31 Å². The lowest BCUT2D eigenvalue weighted by Gasteiger charge is -2.37. The maximum absolute atomic E-state index is 13.2. The van der Waals surface area contributed by atoms with E-state index in [1.165, 1.54) is 0 Å². The second kappa shape index (κ2) is 7.99. The van der Waals surface area contributed by atoms with Crippen LogP contribution in [0.25, 0.3) is 0 Å². The highest BCUT2D eigenvalue weighted by atomic mass is 35.5. The van der Waals surface area contributed by atoms with Gasteiger partial charge in [-0.15, -0.1) is 11.6 Å². The number of benzene rings is 2. The van der Waals surface area contributed by atoms with Gasteiger partial charge in [0.25, 0.3) is 0 Å². The van der Waals surface area contributed by atoms with E-state index in [1.807, 2.05) is 43.3 Å². The molecule has 2 atom stereocenters. The molecule has 4 nitrogen and oxygen atoms in total. The minimum absolute atomic E-state index is 0.00251. The van der Waals surface area contributed by atoms with Crippen molar-refractivity contribution in [2.24, 2.45) is 0 Å². The summed E-state index contributed by atoms with van der Waals surface area (Å²) in [4.78, 5) is 0.343. The van der Waals surface area contributed by atoms with Gasteiger partial charge in [0.15, 0.2) is 0 Å². The number of sulfonamides is 1. The lowest BCUT2D eigenvalue weighted by molar-refractivity contribution is 0.254. The van der Waals surface area contributed by atoms with Gasteiger partial charge in [0.05, 0.1) is 12.0 Å². The average Bonchev–Trinajstić information content (AvgIpc) is 2.62. The molecule has 0 spiro atoms. The number of hydrogen-bond donors (Lipinski definition) is 0. The van der Waals surface area contributed by atoms with Gasteiger partial charge in [-0.2, -0.15) is 4.31 Å². The van der Waals surface area contributed by atoms with Gasteiger partial charge in [0.1, 0.15) is 5.75 Å². The van der Waals surface area contributed by atoms with Crippen LogP contribution in [0.5, 0.6) is 5.75 Å². The Morgan fingerprint density at radius 2 is 1.77 bits per heavy atom. The highest BCUT2D eigenvalue weighted by Gasteiger charge is 2.36. The number of methoxy groups -OCH3 is 1. The number of piperidine rings is 1. The first-order valence-electron chi connectivity index (χ1n) is 8.75. The molecule has 0 aliphatic carbocycles. The van der Waals surface area contributed by atoms with Crippen LogP contribution in [-0.4, -0.2) is 37.8 Å². The minimum Gasteiger partial charge on any atom is -0.497 e. The van der Waals surface area contributed by atoms with Crippen molar-refractivity contribution in [2.75, 3.05) is 13.7 Å². The third-order valence-corrected chi connectivity index (χ3v) is 7.22. The van der Waals surface area contributed by atoms with E-state index in [0.29, 0.717) is 30.7 Å². The fraction of sp³-hybridized carbons (Fsp3) is 0.400. The summed E-state index contributed by atoms with van der Waals surface area (Å²) in [6.45, 7) is 2.40. The maximum Gasteiger partial charge on any atom is 0.243 e. The number of aryl methyl sites for hydroxylation is 1. The lowest BCUT2D eigenvalue weighted by Crippen LogP contribution is -2.47. The molecule has 2 aromatic carbocycles. The van der Waals surface area contributed by atoms with E-state index in [4.69, 9.17) is 16.3 Å². The molecule has 1 aliphatic rings. The molecular formula is C20H24ClNO3S. The predicted octanol–water partition coefficient (Wildman–Crippen LogP) is 4.01. The van der Waals surface area contributed by atoms with Crippen molar-refractivity contribution >= 4 is 21.6 Å². The predicted molar refractivity (Wildman–Crippen MR) is 104 cm³/mol. The van der Waals surface area contributed by atoms with E-state index in [1.54, 1.807) is 23.5 Å². The summed E-state index contributed by atoms with van der Waals surface area (Å²) in [5.74, 6) is 0.789. The first-order valence-corrected chi connectivity index (χ1v) is 10.6. The number of alkyl halides is 1. The van der Waals surface area contributed by atoms with Crippen LogP contribution in [0.4, 0.5) is 0 Å². The minimum atomic E-state index is -3.53. The zero-order valence-electron chi connectivity index (χ0n) is 15.1. The smallest absolute Gasteiger partial charge is 0.243 e. The number of hydrogen-bond acceptors (Lipinski definition) is 3. The summed E-state index contributed by atoms with van der Waals surface area (Å²) in [5, 5.41) is 0.00251. The maximum atomic E-state index is 13.2. The SMILES string of the molecule is COc1ccc(C[C@H]2C[C@H](Cl)CCN2S(=O)(=O)c2ccc(C)cc2)cc1. The molecular weight excluding hydrogens is 370 g/mol. The summed E-state index contributed by atoms with van der Waals surface area (Å²) >= 11 is 6.37. The van der Waals surface area contributed by atoms with E-state index in [-0.39, 0.29) is 11.4 Å². The standard InChI is InChI=1S/C20H24ClNO3S/c1-15-3-9-20(10-4-15)26(23,24)22-12-11-17(21)14-18(22)13-16-5-7-19(25-2)8-6-16/h3-10,17-18H,11-14H2,1-2H3/t17-,18+/m1/s1. The Morgan fingerprint density at radius 1 is 1.12 bits per heavy atom. The molecule has 1 saturated heterocycles. The van der Waals surface area contributed by atoms with Crippen LogP contribution in [0.3, 0.4) is 0 Å². The van der Waals surface area contributed by atoms with Gasteiger partial charge in [-0.3, -0.25) is 0 Å². The van der Waals surface area contributed by atoms with Crippen LogP contribution in [0, 0.1) is 6.92 Å². The molecule has 26 heavy (non-hydrogen) atoms. The van der Waals surface area contributed by atoms with Crippen molar-refractivity contribution in [2.45, 2.75) is 42.5 Å². The van der Waals surface area contributed by atoms with Crippen LogP contribution in [0.2, 0.25) is 0 Å². The van der Waals surface area contributed by atoms with Gasteiger partial charge in [-0.05, 0) is 56.0 Å². The van der Waals surface area contributed by atoms with Crippen LogP contribution >= 0.6 is 11.6 Å². The molecule has 0 aromatic heterocycles. The Bertz CT molecular complexity index is 834. The molecule has 0 amide bonds. The second-order valence-corrected chi connectivity index (χ2v) is 9.26. The van der Waals surface area contributed by atoms with Gasteiger partial charge in [-0.25, -0.2) is 8.42 Å². The van der Waals surface area contributed by atoms with E-state index in [0.717, 1.165) is 16.9 Å². The average molecular weight is 394 g/mol. The fourth-order valence-corrected chi connectivity index (χ4v) is 5.31. The molecule has 6 heteroatoms. The molecule has 1 aliphatic heterocycles. The lowest BCUT2D eigenvalue weighted by atomic mass is 9.97. The summed E-state index contributed by atoms with van der Waals surface area (Å²) in [6, 6.07) is 14.6. The Kier molecular flexibility index (Phi) is 5.90. The van der Waals surface area contributed by atoms with Crippen LogP contribution in [-0.2, 0) is 16.4 Å². The Balaban J connectivity index is 1.86. The highest BCUT2D eigenvalue weighted by Crippen LogP contribution is 2.30. The summed E-state index contributed by atoms with van der Waals surface area (Å²) in [6.07, 6.45) is 1.96. The summed E-state index contributed by atoms with van der Waals surface area (Å²) in [7, 11) is -1.91. The normalized spacial score (nSPS) is 21.5. The molecule has 0 saturated carbocycles. The number of ether oxygens (including phenoxy) is 1. The van der Waals surface area contributed by atoms with Gasteiger partial charge in [0.2, 0.25) is 10.0 Å². The molecule has 1 heterocycles. The van der Waals surface area contributed by atoms with Crippen molar-refractivity contribution < 1.29 is 13.2 Å². The zero-order valence-corrected chi connectivity index (χ0v) is 16.6. The van der Waals surface area contributed by atoms with Crippen molar-refractivity contribution in [3.05, 3.63) is 59.7 Å². The third-order valence-electron chi connectivity index (χ3n) is 4.86. The molecule has 140 valence electrons. The van der Waals surface area contributed by atoms with Gasteiger partial charge >= 0.3 is 0 Å². The number of halogens is 1. The van der Waals surface area contributed by atoms with E-state index < -0.39 is 10.0 Å². The first kappa shape index (κ1) is 19.2. The third kappa shape index (κ3) is 4.22. The Morgan fingerprint density at radius 3 is 2.38 bits per heavy atom. The molecule has 1 fully saturated rings. The second-order valence-electron chi connectivity index (χ2n) is 6.76.